The second-order valence-electron chi connectivity index (χ2n) is 2.69. The summed E-state index contributed by atoms with van der Waals surface area (Å²) < 4.78 is 4.68. The lowest BCUT2D eigenvalue weighted by atomic mass is 10.1. The van der Waals surface area contributed by atoms with Gasteiger partial charge in [0.05, 0.1) is 0 Å². The van der Waals surface area contributed by atoms with Crippen molar-refractivity contribution >= 4 is 12.3 Å². The molecule has 0 aromatic carbocycles. The van der Waals surface area contributed by atoms with Gasteiger partial charge >= 0.3 is 0 Å². The maximum absolute atomic E-state index is 10.7. The number of carbonyl (C=O) groups excluding carboxylic acids is 2. The maximum atomic E-state index is 10.7. The zero-order valence-electron chi connectivity index (χ0n) is 5.87. The van der Waals surface area contributed by atoms with Gasteiger partial charge in [-0.05, 0) is 0 Å². The molecule has 3 nitrogen and oxygen atoms in total. The van der Waals surface area contributed by atoms with Gasteiger partial charge in [0.15, 0.2) is 0 Å². The van der Waals surface area contributed by atoms with Gasteiger partial charge in [-0.15, -0.1) is 0 Å². The number of rotatable bonds is 2. The van der Waals surface area contributed by atoms with E-state index < -0.39 is 0 Å². The molecule has 56 valence electrons. The van der Waals surface area contributed by atoms with Crippen molar-refractivity contribution in [2.75, 3.05) is 0 Å². The summed E-state index contributed by atoms with van der Waals surface area (Å²) in [6.07, 6.45) is 0.795. The minimum Gasteiger partial charge on any atom is -0.464 e. The molecule has 0 heterocycles. The number of ether oxygens (including phenoxy) is 1. The first-order valence-electron chi connectivity index (χ1n) is 3.35. The van der Waals surface area contributed by atoms with Gasteiger partial charge < -0.3 is 4.74 Å². The molecule has 10 heavy (non-hydrogen) atoms. The van der Waals surface area contributed by atoms with E-state index in [1.54, 1.807) is 0 Å². The van der Waals surface area contributed by atoms with E-state index in [4.69, 9.17) is 0 Å². The van der Waals surface area contributed by atoms with Gasteiger partial charge in [-0.25, -0.2) is 0 Å². The van der Waals surface area contributed by atoms with Gasteiger partial charge in [0.2, 0.25) is 0 Å². The van der Waals surface area contributed by atoms with Crippen LogP contribution in [0.15, 0.2) is 0 Å². The van der Waals surface area contributed by atoms with Crippen molar-refractivity contribution in [1.82, 2.24) is 0 Å². The Morgan fingerprint density at radius 1 is 1.60 bits per heavy atom. The van der Waals surface area contributed by atoms with Crippen LogP contribution < -0.4 is 0 Å². The van der Waals surface area contributed by atoms with E-state index >= 15 is 0 Å². The molecule has 1 aliphatic carbocycles. The summed E-state index contributed by atoms with van der Waals surface area (Å²) in [5.74, 6) is 0.400. The largest absolute Gasteiger partial charge is 0.464 e. The molecule has 0 aromatic heterocycles. The molecule has 0 bridgehead atoms. The quantitative estimate of drug-likeness (QED) is 0.528. The Kier molecular flexibility index (Phi) is 2.04. The minimum absolute atomic E-state index is 0.162. The van der Waals surface area contributed by atoms with E-state index in [2.05, 4.69) is 4.74 Å². The maximum Gasteiger partial charge on any atom is 0.293 e. The van der Waals surface area contributed by atoms with Crippen molar-refractivity contribution in [2.24, 2.45) is 5.92 Å². The first-order valence-corrected chi connectivity index (χ1v) is 3.35. The second kappa shape index (κ2) is 2.82. The zero-order valence-corrected chi connectivity index (χ0v) is 5.87. The predicted octanol–water partition coefficient (Wildman–Crippen LogP) is 0.527. The van der Waals surface area contributed by atoms with Crippen molar-refractivity contribution in [3.05, 3.63) is 0 Å². The Morgan fingerprint density at radius 2 is 2.30 bits per heavy atom. The summed E-state index contributed by atoms with van der Waals surface area (Å²) in [5.41, 5.74) is 0. The molecular formula is C7H10O3. The van der Waals surface area contributed by atoms with Crippen LogP contribution in [0.1, 0.15) is 19.8 Å². The highest BCUT2D eigenvalue weighted by molar-refractivity contribution is 5.81. The highest BCUT2D eigenvalue weighted by atomic mass is 16.5. The van der Waals surface area contributed by atoms with E-state index in [1.165, 1.54) is 0 Å². The van der Waals surface area contributed by atoms with Gasteiger partial charge in [0.1, 0.15) is 11.9 Å². The van der Waals surface area contributed by atoms with Crippen molar-refractivity contribution in [1.29, 1.82) is 0 Å². The van der Waals surface area contributed by atoms with Gasteiger partial charge in [-0.2, -0.15) is 0 Å². The molecule has 0 aromatic rings. The highest BCUT2D eigenvalue weighted by Crippen LogP contribution is 2.23. The fourth-order valence-electron chi connectivity index (χ4n) is 1.25. The van der Waals surface area contributed by atoms with E-state index in [0.29, 0.717) is 19.3 Å². The monoisotopic (exact) mass is 142 g/mol. The number of hydrogen-bond donors (Lipinski definition) is 0. The molecule has 1 saturated carbocycles. The third-order valence-corrected chi connectivity index (χ3v) is 1.84. The van der Waals surface area contributed by atoms with Crippen LogP contribution in [-0.4, -0.2) is 18.4 Å². The van der Waals surface area contributed by atoms with Crippen LogP contribution in [0.2, 0.25) is 0 Å². The van der Waals surface area contributed by atoms with Gasteiger partial charge in [-0.1, -0.05) is 6.92 Å². The van der Waals surface area contributed by atoms with Crippen LogP contribution in [0.25, 0.3) is 0 Å². The summed E-state index contributed by atoms with van der Waals surface area (Å²) in [4.78, 5) is 20.6. The Labute approximate surface area is 59.4 Å². The lowest BCUT2D eigenvalue weighted by Gasteiger charge is -2.10. The van der Waals surface area contributed by atoms with E-state index in [-0.39, 0.29) is 17.8 Å². The van der Waals surface area contributed by atoms with Crippen molar-refractivity contribution in [3.63, 3.8) is 0 Å². The van der Waals surface area contributed by atoms with E-state index in [0.717, 1.165) is 0 Å². The minimum atomic E-state index is -0.162. The van der Waals surface area contributed by atoms with Crippen molar-refractivity contribution in [3.8, 4) is 0 Å². The smallest absolute Gasteiger partial charge is 0.293 e. The van der Waals surface area contributed by atoms with Crippen LogP contribution in [0.3, 0.4) is 0 Å². The summed E-state index contributed by atoms with van der Waals surface area (Å²) in [6.45, 7) is 2.33. The van der Waals surface area contributed by atoms with Gasteiger partial charge in [0, 0.05) is 18.8 Å². The molecule has 2 atom stereocenters. The number of Topliss-reactive ketones (excluding diaryl/α,β-unsaturated/α-hetero) is 1. The molecule has 0 spiro atoms. The standard InChI is InChI=1S/C7H10O3/c1-5-2-6(9)3-7(5)10-4-8/h4-5,7H,2-3H2,1H3. The molecule has 1 fully saturated rings. The predicted molar refractivity (Wildman–Crippen MR) is 34.3 cm³/mol. The Morgan fingerprint density at radius 3 is 2.70 bits per heavy atom. The summed E-state index contributed by atoms with van der Waals surface area (Å²) in [7, 11) is 0. The molecule has 1 rings (SSSR count). The van der Waals surface area contributed by atoms with E-state index in [1.807, 2.05) is 6.92 Å². The molecule has 1 aliphatic rings. The van der Waals surface area contributed by atoms with Crippen LogP contribution in [0, 0.1) is 5.92 Å². The molecule has 0 amide bonds. The second-order valence-corrected chi connectivity index (χ2v) is 2.69. The molecule has 0 N–H and O–H groups in total. The Bertz CT molecular complexity index is 153. The zero-order chi connectivity index (χ0) is 7.56. The number of ketones is 1. The molecular weight excluding hydrogens is 132 g/mol. The average Bonchev–Trinajstić information content (AvgIpc) is 2.13. The highest BCUT2D eigenvalue weighted by Gasteiger charge is 2.30. The number of carbonyl (C=O) groups is 2. The summed E-state index contributed by atoms with van der Waals surface area (Å²) in [6, 6.07) is 0. The van der Waals surface area contributed by atoms with Crippen molar-refractivity contribution < 1.29 is 14.3 Å². The molecule has 0 radical (unpaired) electrons. The molecule has 3 heteroatoms. The third kappa shape index (κ3) is 1.35. The van der Waals surface area contributed by atoms with E-state index in [9.17, 15) is 9.59 Å². The lowest BCUT2D eigenvalue weighted by molar-refractivity contribution is -0.135. The first-order chi connectivity index (χ1) is 4.74. The third-order valence-electron chi connectivity index (χ3n) is 1.84. The fourth-order valence-corrected chi connectivity index (χ4v) is 1.25. The van der Waals surface area contributed by atoms with Gasteiger partial charge in [-0.3, -0.25) is 9.59 Å². The van der Waals surface area contributed by atoms with Crippen LogP contribution in [0.5, 0.6) is 0 Å². The Balaban J connectivity index is 2.45. The number of hydrogen-bond acceptors (Lipinski definition) is 3. The summed E-state index contributed by atoms with van der Waals surface area (Å²) in [5, 5.41) is 0. The fraction of sp³-hybridized carbons (Fsp3) is 0.714. The summed E-state index contributed by atoms with van der Waals surface area (Å²) >= 11 is 0. The topological polar surface area (TPSA) is 43.4 Å². The van der Waals surface area contributed by atoms with Crippen LogP contribution >= 0.6 is 0 Å². The van der Waals surface area contributed by atoms with Crippen molar-refractivity contribution in [2.45, 2.75) is 25.9 Å². The Hall–Kier alpha value is -0.860. The molecule has 0 saturated heterocycles. The lowest BCUT2D eigenvalue weighted by Crippen LogP contribution is -2.14. The van der Waals surface area contributed by atoms with Crippen LogP contribution in [0.4, 0.5) is 0 Å². The average molecular weight is 142 g/mol. The molecule has 2 unspecified atom stereocenters. The normalized spacial score (nSPS) is 32.3. The first kappa shape index (κ1) is 7.25. The molecule has 0 aliphatic heterocycles. The SMILES string of the molecule is CC1CC(=O)CC1OC=O. The van der Waals surface area contributed by atoms with Gasteiger partial charge in [0.25, 0.3) is 6.47 Å². The van der Waals surface area contributed by atoms with Crippen LogP contribution in [-0.2, 0) is 14.3 Å².